The van der Waals surface area contributed by atoms with Gasteiger partial charge in [-0.2, -0.15) is 5.26 Å². The summed E-state index contributed by atoms with van der Waals surface area (Å²) < 4.78 is 0. The van der Waals surface area contributed by atoms with Crippen LogP contribution in [0, 0.1) is 17.2 Å². The van der Waals surface area contributed by atoms with Crippen molar-refractivity contribution in [2.75, 3.05) is 11.1 Å². The van der Waals surface area contributed by atoms with Crippen molar-refractivity contribution in [3.63, 3.8) is 0 Å². The minimum absolute atomic E-state index is 0.0537. The molecule has 3 nitrogen and oxygen atoms in total. The number of nitrogens with one attached hydrogen (secondary N) is 1. The number of rotatable bonds is 4. The summed E-state index contributed by atoms with van der Waals surface area (Å²) in [6.07, 6.45) is 3.09. The third kappa shape index (κ3) is 3.77. The van der Waals surface area contributed by atoms with Gasteiger partial charge < -0.3 is 5.32 Å². The third-order valence-electron chi connectivity index (χ3n) is 3.99. The van der Waals surface area contributed by atoms with Gasteiger partial charge in [0, 0.05) is 9.77 Å². The Bertz CT molecular complexity index is 746. The van der Waals surface area contributed by atoms with Gasteiger partial charge in [-0.1, -0.05) is 25.1 Å². The summed E-state index contributed by atoms with van der Waals surface area (Å²) in [5.41, 5.74) is 1.83. The molecule has 1 N–H and O–H groups in total. The number of thioether (sulfide) groups is 1. The van der Waals surface area contributed by atoms with Gasteiger partial charge in [-0.25, -0.2) is 0 Å². The number of fused-ring (bicyclic) bond motifs is 1. The van der Waals surface area contributed by atoms with Gasteiger partial charge in [-0.05, 0) is 42.9 Å². The standard InChI is InChI=1S/C18H18N2OS2/c1-12-7-8-14-15(10-19)18(23-16(14)9-12)20-17(21)11-22-13-5-3-2-4-6-13/h2-6,12H,7-9,11H2,1H3,(H,20,21)/t12-/m1/s1. The zero-order valence-corrected chi connectivity index (χ0v) is 14.6. The van der Waals surface area contributed by atoms with E-state index in [1.54, 1.807) is 11.3 Å². The predicted octanol–water partition coefficient (Wildman–Crippen LogP) is 4.48. The van der Waals surface area contributed by atoms with E-state index in [2.05, 4.69) is 18.3 Å². The Morgan fingerprint density at radius 1 is 1.43 bits per heavy atom. The molecule has 1 aliphatic rings. The van der Waals surface area contributed by atoms with Crippen molar-refractivity contribution in [3.05, 3.63) is 46.3 Å². The molecule has 0 fully saturated rings. The Kier molecular flexibility index (Phi) is 5.04. The van der Waals surface area contributed by atoms with E-state index < -0.39 is 0 Å². The van der Waals surface area contributed by atoms with Crippen LogP contribution in [0.3, 0.4) is 0 Å². The first-order chi connectivity index (χ1) is 11.2. The smallest absolute Gasteiger partial charge is 0.235 e. The maximum Gasteiger partial charge on any atom is 0.235 e. The Labute approximate surface area is 144 Å². The highest BCUT2D eigenvalue weighted by molar-refractivity contribution is 8.00. The van der Waals surface area contributed by atoms with Crippen LogP contribution in [0.5, 0.6) is 0 Å². The zero-order valence-electron chi connectivity index (χ0n) is 13.0. The van der Waals surface area contributed by atoms with Crippen LogP contribution in [0.2, 0.25) is 0 Å². The molecule has 0 bridgehead atoms. The van der Waals surface area contributed by atoms with E-state index in [4.69, 9.17) is 0 Å². The predicted molar refractivity (Wildman–Crippen MR) is 96.0 cm³/mol. The molecule has 23 heavy (non-hydrogen) atoms. The highest BCUT2D eigenvalue weighted by Gasteiger charge is 2.24. The SMILES string of the molecule is C[C@@H]1CCc2c(sc(NC(=O)CSc3ccccc3)c2C#N)C1. The molecule has 1 aromatic carbocycles. The number of carbonyl (C=O) groups excluding carboxylic acids is 1. The van der Waals surface area contributed by atoms with Crippen LogP contribution in [-0.2, 0) is 17.6 Å². The largest absolute Gasteiger partial charge is 0.316 e. The number of carbonyl (C=O) groups is 1. The summed E-state index contributed by atoms with van der Waals surface area (Å²) in [5, 5.41) is 13.1. The lowest BCUT2D eigenvalue weighted by atomic mass is 9.89. The molecule has 0 spiro atoms. The molecule has 0 radical (unpaired) electrons. The van der Waals surface area contributed by atoms with Gasteiger partial charge in [-0.3, -0.25) is 4.79 Å². The number of thiophene rings is 1. The molecule has 1 heterocycles. The van der Waals surface area contributed by atoms with Crippen molar-refractivity contribution in [1.29, 1.82) is 5.26 Å². The Hall–Kier alpha value is -1.77. The van der Waals surface area contributed by atoms with E-state index in [1.165, 1.54) is 16.6 Å². The average Bonchev–Trinajstić information content (AvgIpc) is 2.89. The van der Waals surface area contributed by atoms with Crippen LogP contribution in [0.4, 0.5) is 5.00 Å². The van der Waals surface area contributed by atoms with Crippen molar-refractivity contribution in [3.8, 4) is 6.07 Å². The van der Waals surface area contributed by atoms with Crippen LogP contribution in [0.15, 0.2) is 35.2 Å². The lowest BCUT2D eigenvalue weighted by Gasteiger charge is -2.17. The molecule has 0 aliphatic heterocycles. The fourth-order valence-corrected chi connectivity index (χ4v) is 4.88. The molecule has 1 atom stereocenters. The number of hydrogen-bond donors (Lipinski definition) is 1. The van der Waals surface area contributed by atoms with Gasteiger partial charge in [0.05, 0.1) is 11.3 Å². The lowest BCUT2D eigenvalue weighted by Crippen LogP contribution is -2.14. The van der Waals surface area contributed by atoms with Crippen LogP contribution in [-0.4, -0.2) is 11.7 Å². The molecule has 2 aromatic rings. The number of hydrogen-bond acceptors (Lipinski definition) is 4. The first-order valence-electron chi connectivity index (χ1n) is 7.69. The summed E-state index contributed by atoms with van der Waals surface area (Å²) >= 11 is 3.08. The number of nitriles is 1. The fourth-order valence-electron chi connectivity index (χ4n) is 2.79. The highest BCUT2D eigenvalue weighted by atomic mass is 32.2. The summed E-state index contributed by atoms with van der Waals surface area (Å²) in [6, 6.07) is 12.1. The molecular weight excluding hydrogens is 324 g/mol. The van der Waals surface area contributed by atoms with Crippen molar-refractivity contribution in [2.45, 2.75) is 31.1 Å². The molecule has 5 heteroatoms. The van der Waals surface area contributed by atoms with E-state index in [9.17, 15) is 10.1 Å². The van der Waals surface area contributed by atoms with Gasteiger partial charge in [0.15, 0.2) is 0 Å². The van der Waals surface area contributed by atoms with Gasteiger partial charge in [0.1, 0.15) is 11.1 Å². The molecule has 1 aliphatic carbocycles. The van der Waals surface area contributed by atoms with Gasteiger partial charge in [0.2, 0.25) is 5.91 Å². The Morgan fingerprint density at radius 2 is 2.22 bits per heavy atom. The summed E-state index contributed by atoms with van der Waals surface area (Å²) in [4.78, 5) is 14.5. The molecular formula is C18H18N2OS2. The molecule has 1 aromatic heterocycles. The van der Waals surface area contributed by atoms with E-state index in [-0.39, 0.29) is 5.91 Å². The minimum atomic E-state index is -0.0537. The van der Waals surface area contributed by atoms with Crippen LogP contribution in [0.1, 0.15) is 29.3 Å². The number of benzene rings is 1. The van der Waals surface area contributed by atoms with Crippen molar-refractivity contribution in [2.24, 2.45) is 5.92 Å². The first-order valence-corrected chi connectivity index (χ1v) is 9.50. The van der Waals surface area contributed by atoms with Gasteiger partial charge in [0.25, 0.3) is 0 Å². The quantitative estimate of drug-likeness (QED) is 0.834. The van der Waals surface area contributed by atoms with E-state index in [0.29, 0.717) is 17.2 Å². The van der Waals surface area contributed by atoms with Gasteiger partial charge >= 0.3 is 0 Å². The number of anilines is 1. The van der Waals surface area contributed by atoms with Crippen LogP contribution < -0.4 is 5.32 Å². The molecule has 0 saturated heterocycles. The van der Waals surface area contributed by atoms with Crippen molar-refractivity contribution < 1.29 is 4.79 Å². The maximum atomic E-state index is 12.2. The number of amides is 1. The minimum Gasteiger partial charge on any atom is -0.316 e. The van der Waals surface area contributed by atoms with Crippen LogP contribution in [0.25, 0.3) is 0 Å². The lowest BCUT2D eigenvalue weighted by molar-refractivity contribution is -0.113. The van der Waals surface area contributed by atoms with Crippen molar-refractivity contribution >= 4 is 34.0 Å². The highest BCUT2D eigenvalue weighted by Crippen LogP contribution is 2.39. The molecule has 0 saturated carbocycles. The maximum absolute atomic E-state index is 12.2. The van der Waals surface area contributed by atoms with E-state index in [1.807, 2.05) is 30.3 Å². The summed E-state index contributed by atoms with van der Waals surface area (Å²) in [7, 11) is 0. The second-order valence-corrected chi connectivity index (χ2v) is 7.97. The normalized spacial score (nSPS) is 16.4. The molecule has 118 valence electrons. The Morgan fingerprint density at radius 3 is 2.96 bits per heavy atom. The van der Waals surface area contributed by atoms with Crippen LogP contribution >= 0.6 is 23.1 Å². The number of nitrogens with zero attached hydrogens (tertiary/aromatic N) is 1. The third-order valence-corrected chi connectivity index (χ3v) is 6.17. The first kappa shape index (κ1) is 16.1. The van der Waals surface area contributed by atoms with E-state index in [0.717, 1.165) is 34.7 Å². The zero-order chi connectivity index (χ0) is 16.2. The molecule has 3 rings (SSSR count). The summed E-state index contributed by atoms with van der Waals surface area (Å²) in [5.74, 6) is 0.959. The average molecular weight is 342 g/mol. The fraction of sp³-hybridized carbons (Fsp3) is 0.333. The molecule has 1 amide bonds. The second-order valence-electron chi connectivity index (χ2n) is 5.82. The summed E-state index contributed by atoms with van der Waals surface area (Å²) in [6.45, 7) is 2.24. The van der Waals surface area contributed by atoms with Gasteiger partial charge in [-0.15, -0.1) is 23.1 Å². The van der Waals surface area contributed by atoms with E-state index >= 15 is 0 Å². The topological polar surface area (TPSA) is 52.9 Å². The second kappa shape index (κ2) is 7.20. The Balaban J connectivity index is 1.68. The van der Waals surface area contributed by atoms with Crippen molar-refractivity contribution in [1.82, 2.24) is 0 Å². The monoisotopic (exact) mass is 342 g/mol. The molecule has 0 unspecified atom stereocenters.